The molecule has 0 aliphatic carbocycles. The van der Waals surface area contributed by atoms with Gasteiger partial charge in [0.2, 0.25) is 0 Å². The number of ether oxygens (including phenoxy) is 2. The first-order chi connectivity index (χ1) is 20.2. The third-order valence-electron chi connectivity index (χ3n) is 7.28. The lowest BCUT2D eigenvalue weighted by atomic mass is 10.0. The largest absolute Gasteiger partial charge is 0.457 e. The highest BCUT2D eigenvalue weighted by atomic mass is 19.1. The van der Waals surface area contributed by atoms with E-state index in [1.807, 2.05) is 18.7 Å². The molecule has 8 nitrogen and oxygen atoms in total. The number of halogens is 1. The topological polar surface area (TPSA) is 83.1 Å². The van der Waals surface area contributed by atoms with Crippen molar-refractivity contribution in [3.8, 4) is 23.0 Å². The Bertz CT molecular complexity index is 1320. The highest BCUT2D eigenvalue weighted by molar-refractivity contribution is 5.94. The van der Waals surface area contributed by atoms with Gasteiger partial charge in [0.1, 0.15) is 28.8 Å². The smallest absolute Gasteiger partial charge is 0.321 e. The minimum Gasteiger partial charge on any atom is -0.457 e. The summed E-state index contributed by atoms with van der Waals surface area (Å²) >= 11 is 0. The first kappa shape index (κ1) is 30.8. The van der Waals surface area contributed by atoms with Gasteiger partial charge in [-0.25, -0.2) is 9.18 Å². The van der Waals surface area contributed by atoms with Gasteiger partial charge in [0.05, 0.1) is 0 Å². The van der Waals surface area contributed by atoms with Crippen molar-refractivity contribution in [1.29, 1.82) is 0 Å². The number of rotatable bonds is 11. The van der Waals surface area contributed by atoms with Crippen LogP contribution in [0.2, 0.25) is 0 Å². The van der Waals surface area contributed by atoms with Gasteiger partial charge < -0.3 is 25.0 Å². The van der Waals surface area contributed by atoms with Gasteiger partial charge >= 0.3 is 6.03 Å². The van der Waals surface area contributed by atoms with Crippen LogP contribution in [0.3, 0.4) is 0 Å². The van der Waals surface area contributed by atoms with Crippen LogP contribution in [0.15, 0.2) is 66.7 Å². The second-order valence-corrected chi connectivity index (χ2v) is 10.9. The van der Waals surface area contributed by atoms with Crippen LogP contribution < -0.4 is 20.1 Å². The summed E-state index contributed by atoms with van der Waals surface area (Å²) in [5.41, 5.74) is 1.03. The molecule has 2 N–H and O–H groups in total. The Morgan fingerprint density at radius 2 is 1.36 bits per heavy atom. The van der Waals surface area contributed by atoms with Crippen LogP contribution in [0.1, 0.15) is 50.9 Å². The fourth-order valence-corrected chi connectivity index (χ4v) is 4.80. The molecule has 1 heterocycles. The zero-order valence-corrected chi connectivity index (χ0v) is 24.9. The number of urea groups is 1. The SMILES string of the molecule is CCC(CC)CN1CCN(C(=O)Nc2cc(Oc3ccc(F)cc3)cc(Oc3ccc(C(=O)NC(C)C)cc3)c2)CC1. The van der Waals surface area contributed by atoms with Gasteiger partial charge in [-0.2, -0.15) is 0 Å². The number of anilines is 1. The molecule has 0 radical (unpaired) electrons. The molecule has 0 saturated carbocycles. The number of nitrogens with zero attached hydrogens (tertiary/aromatic N) is 2. The Morgan fingerprint density at radius 1 is 0.810 bits per heavy atom. The Balaban J connectivity index is 1.47. The van der Waals surface area contributed by atoms with Crippen LogP contribution in [-0.4, -0.2) is 60.5 Å². The van der Waals surface area contributed by atoms with E-state index in [9.17, 15) is 14.0 Å². The predicted octanol–water partition coefficient (Wildman–Crippen LogP) is 7.13. The molecule has 42 heavy (non-hydrogen) atoms. The molecular weight excluding hydrogens is 535 g/mol. The van der Waals surface area contributed by atoms with Gasteiger partial charge in [-0.15, -0.1) is 0 Å². The van der Waals surface area contributed by atoms with E-state index in [1.165, 1.54) is 24.3 Å². The second-order valence-electron chi connectivity index (χ2n) is 10.9. The molecule has 1 saturated heterocycles. The number of benzene rings is 3. The normalized spacial score (nSPS) is 13.7. The van der Waals surface area contributed by atoms with E-state index >= 15 is 0 Å². The highest BCUT2D eigenvalue weighted by Crippen LogP contribution is 2.33. The van der Waals surface area contributed by atoms with Crippen LogP contribution >= 0.6 is 0 Å². The number of carbonyl (C=O) groups is 2. The molecule has 1 aliphatic rings. The van der Waals surface area contributed by atoms with E-state index in [-0.39, 0.29) is 23.8 Å². The van der Waals surface area contributed by atoms with E-state index in [2.05, 4.69) is 29.4 Å². The molecule has 0 aromatic heterocycles. The van der Waals surface area contributed by atoms with Crippen LogP contribution in [0.25, 0.3) is 0 Å². The monoisotopic (exact) mass is 576 g/mol. The molecule has 4 rings (SSSR count). The quantitative estimate of drug-likeness (QED) is 0.254. The molecule has 0 bridgehead atoms. The average Bonchev–Trinajstić information content (AvgIpc) is 2.97. The molecule has 3 aromatic carbocycles. The molecule has 1 fully saturated rings. The molecule has 224 valence electrons. The Kier molecular flexibility index (Phi) is 10.8. The van der Waals surface area contributed by atoms with Gasteiger partial charge in [-0.1, -0.05) is 26.7 Å². The van der Waals surface area contributed by atoms with Crippen LogP contribution in [0.5, 0.6) is 23.0 Å². The van der Waals surface area contributed by atoms with Crippen molar-refractivity contribution < 1.29 is 23.5 Å². The molecule has 3 amide bonds. The number of hydrogen-bond donors (Lipinski definition) is 2. The molecule has 1 aliphatic heterocycles. The standard InChI is InChI=1S/C33H41FN4O4/c1-5-24(6-2)22-37-15-17-38(18-16-37)33(40)36-27-19-30(21-31(20-27)42-29-13-9-26(34)10-14-29)41-28-11-7-25(8-12-28)32(39)35-23(3)4/h7-14,19-21,23-24H,5-6,15-18,22H2,1-4H3,(H,35,39)(H,36,40). The maximum absolute atomic E-state index is 13.4. The van der Waals surface area contributed by atoms with Gasteiger partial charge in [0, 0.05) is 68.2 Å². The zero-order chi connectivity index (χ0) is 30.1. The summed E-state index contributed by atoms with van der Waals surface area (Å²) in [7, 11) is 0. The van der Waals surface area contributed by atoms with Crippen LogP contribution in [-0.2, 0) is 0 Å². The summed E-state index contributed by atoms with van der Waals surface area (Å²) in [5.74, 6) is 1.96. The van der Waals surface area contributed by atoms with Crippen molar-refractivity contribution in [2.75, 3.05) is 38.0 Å². The highest BCUT2D eigenvalue weighted by Gasteiger charge is 2.23. The summed E-state index contributed by atoms with van der Waals surface area (Å²) in [6, 6.07) is 17.5. The summed E-state index contributed by atoms with van der Waals surface area (Å²) in [4.78, 5) is 29.7. The Labute approximate surface area is 247 Å². The summed E-state index contributed by atoms with van der Waals surface area (Å²) in [6.07, 6.45) is 2.32. The molecule has 0 atom stereocenters. The number of carbonyl (C=O) groups excluding carboxylic acids is 2. The van der Waals surface area contributed by atoms with Gasteiger partial charge in [-0.05, 0) is 68.3 Å². The predicted molar refractivity (Wildman–Crippen MR) is 163 cm³/mol. The molecule has 3 aromatic rings. The van der Waals surface area contributed by atoms with Gasteiger partial charge in [0.15, 0.2) is 0 Å². The van der Waals surface area contributed by atoms with Gasteiger partial charge in [0.25, 0.3) is 5.91 Å². The first-order valence-electron chi connectivity index (χ1n) is 14.7. The van der Waals surface area contributed by atoms with Crippen LogP contribution in [0.4, 0.5) is 14.9 Å². The lowest BCUT2D eigenvalue weighted by Crippen LogP contribution is -2.50. The van der Waals surface area contributed by atoms with E-state index in [0.29, 0.717) is 53.3 Å². The molecule has 9 heteroatoms. The summed E-state index contributed by atoms with van der Waals surface area (Å²) in [5, 5.41) is 5.85. The van der Waals surface area contributed by atoms with Crippen molar-refractivity contribution in [3.63, 3.8) is 0 Å². The maximum atomic E-state index is 13.4. The average molecular weight is 577 g/mol. The van der Waals surface area contributed by atoms with Gasteiger partial charge in [-0.3, -0.25) is 9.69 Å². The maximum Gasteiger partial charge on any atom is 0.321 e. The van der Waals surface area contributed by atoms with Crippen LogP contribution in [0, 0.1) is 11.7 Å². The van der Waals surface area contributed by atoms with E-state index in [0.717, 1.165) is 32.5 Å². The number of hydrogen-bond acceptors (Lipinski definition) is 5. The second kappa shape index (κ2) is 14.7. The zero-order valence-electron chi connectivity index (χ0n) is 24.9. The van der Waals surface area contributed by atoms with Crippen molar-refractivity contribution in [3.05, 3.63) is 78.1 Å². The molecule has 0 unspecified atom stereocenters. The Hall–Kier alpha value is -4.11. The fourth-order valence-electron chi connectivity index (χ4n) is 4.80. The number of nitrogens with one attached hydrogen (secondary N) is 2. The van der Waals surface area contributed by atoms with Crippen molar-refractivity contribution in [1.82, 2.24) is 15.1 Å². The summed E-state index contributed by atoms with van der Waals surface area (Å²) < 4.78 is 25.5. The van der Waals surface area contributed by atoms with E-state index < -0.39 is 0 Å². The van der Waals surface area contributed by atoms with Crippen molar-refractivity contribution in [2.45, 2.75) is 46.6 Å². The number of piperazine rings is 1. The fraction of sp³-hybridized carbons (Fsp3) is 0.394. The minimum atomic E-state index is -0.363. The first-order valence-corrected chi connectivity index (χ1v) is 14.7. The van der Waals surface area contributed by atoms with Crippen molar-refractivity contribution >= 4 is 17.6 Å². The third kappa shape index (κ3) is 8.94. The Morgan fingerprint density at radius 3 is 1.88 bits per heavy atom. The third-order valence-corrected chi connectivity index (χ3v) is 7.28. The molecular formula is C33H41FN4O4. The molecule has 0 spiro atoms. The minimum absolute atomic E-state index is 0.0317. The lowest BCUT2D eigenvalue weighted by Gasteiger charge is -2.36. The lowest BCUT2D eigenvalue weighted by molar-refractivity contribution is 0.0943. The number of amides is 3. The van der Waals surface area contributed by atoms with Crippen molar-refractivity contribution in [2.24, 2.45) is 5.92 Å². The van der Waals surface area contributed by atoms with E-state index in [1.54, 1.807) is 42.5 Å². The van der Waals surface area contributed by atoms with E-state index in [4.69, 9.17) is 9.47 Å². The summed E-state index contributed by atoms with van der Waals surface area (Å²) in [6.45, 7) is 12.3.